The highest BCUT2D eigenvalue weighted by Gasteiger charge is 2.38. The zero-order valence-electron chi connectivity index (χ0n) is 14.2. The van der Waals surface area contributed by atoms with Crippen LogP contribution in [-0.2, 0) is 20.3 Å². The molecule has 116 valence electrons. The molecular weight excluding hydrogens is 260 g/mol. The van der Waals surface area contributed by atoms with Gasteiger partial charge >= 0.3 is 0 Å². The molecule has 1 heterocycles. The normalized spacial score (nSPS) is 30.2. The Bertz CT molecular complexity index is 557. The Balaban J connectivity index is 2.10. The number of fused-ring (bicyclic) bond motifs is 1. The third-order valence-electron chi connectivity index (χ3n) is 5.33. The van der Waals surface area contributed by atoms with Crippen LogP contribution in [0.1, 0.15) is 76.0 Å². The molecule has 1 saturated heterocycles. The van der Waals surface area contributed by atoms with E-state index < -0.39 is 0 Å². The van der Waals surface area contributed by atoms with Crippen molar-refractivity contribution in [2.45, 2.75) is 77.6 Å². The number of benzene rings is 1. The van der Waals surface area contributed by atoms with Crippen LogP contribution in [0.5, 0.6) is 0 Å². The van der Waals surface area contributed by atoms with Crippen LogP contribution in [0.3, 0.4) is 0 Å². The lowest BCUT2D eigenvalue weighted by molar-refractivity contribution is -0.0577. The summed E-state index contributed by atoms with van der Waals surface area (Å²) < 4.78 is 11.7. The topological polar surface area (TPSA) is 18.5 Å². The molecule has 0 saturated carbocycles. The summed E-state index contributed by atoms with van der Waals surface area (Å²) in [6, 6.07) is 4.73. The largest absolute Gasteiger partial charge is 0.346 e. The summed E-state index contributed by atoms with van der Waals surface area (Å²) in [5.74, 6) is 0. The summed E-state index contributed by atoms with van der Waals surface area (Å²) >= 11 is 0. The van der Waals surface area contributed by atoms with Crippen molar-refractivity contribution in [3.05, 3.63) is 34.4 Å². The van der Waals surface area contributed by atoms with E-state index >= 15 is 0 Å². The molecule has 1 aromatic rings. The minimum atomic E-state index is -0.189. The molecule has 0 aromatic heterocycles. The van der Waals surface area contributed by atoms with Crippen molar-refractivity contribution in [2.75, 3.05) is 6.61 Å². The summed E-state index contributed by atoms with van der Waals surface area (Å²) in [5.41, 5.74) is 5.98. The van der Waals surface area contributed by atoms with Crippen LogP contribution in [0.25, 0.3) is 0 Å². The van der Waals surface area contributed by atoms with Gasteiger partial charge in [-0.25, -0.2) is 0 Å². The van der Waals surface area contributed by atoms with Crippen molar-refractivity contribution in [3.63, 3.8) is 0 Å². The van der Waals surface area contributed by atoms with Gasteiger partial charge in [-0.15, -0.1) is 0 Å². The van der Waals surface area contributed by atoms with Gasteiger partial charge in [-0.3, -0.25) is 0 Å². The molecule has 0 spiro atoms. The molecule has 2 heteroatoms. The van der Waals surface area contributed by atoms with Crippen LogP contribution in [-0.4, -0.2) is 12.7 Å². The molecule has 0 unspecified atom stereocenters. The molecule has 0 amide bonds. The van der Waals surface area contributed by atoms with Crippen molar-refractivity contribution < 1.29 is 9.47 Å². The minimum Gasteiger partial charge on any atom is -0.346 e. The quantitative estimate of drug-likeness (QED) is 0.740. The second-order valence-corrected chi connectivity index (χ2v) is 8.13. The molecule has 2 aliphatic rings. The zero-order valence-corrected chi connectivity index (χ0v) is 14.2. The first-order chi connectivity index (χ1) is 9.71. The van der Waals surface area contributed by atoms with Crippen molar-refractivity contribution in [1.29, 1.82) is 0 Å². The van der Waals surface area contributed by atoms with Crippen LogP contribution in [0.4, 0.5) is 0 Å². The summed E-state index contributed by atoms with van der Waals surface area (Å²) in [7, 11) is 0. The molecule has 2 atom stereocenters. The standard InChI is InChI=1S/C19H28O2/c1-12-9-15-16(19(5,6)8-7-18(15,3)4)10-14(12)17-20-11-13(2)21-17/h9-10,13,17H,7-8,11H2,1-6H3/t13-,17+/m0/s1. The van der Waals surface area contributed by atoms with E-state index in [9.17, 15) is 0 Å². The molecule has 1 aromatic carbocycles. The van der Waals surface area contributed by atoms with E-state index in [0.29, 0.717) is 6.61 Å². The van der Waals surface area contributed by atoms with Gasteiger partial charge in [0.15, 0.2) is 6.29 Å². The van der Waals surface area contributed by atoms with E-state index in [4.69, 9.17) is 9.47 Å². The highest BCUT2D eigenvalue weighted by molar-refractivity contribution is 5.47. The molecule has 3 rings (SSSR count). The number of aryl methyl sites for hydroxylation is 1. The Morgan fingerprint density at radius 2 is 1.57 bits per heavy atom. The summed E-state index contributed by atoms with van der Waals surface area (Å²) in [6.45, 7) is 14.4. The average Bonchev–Trinajstić information content (AvgIpc) is 2.81. The highest BCUT2D eigenvalue weighted by Crippen LogP contribution is 2.47. The van der Waals surface area contributed by atoms with Gasteiger partial charge < -0.3 is 9.47 Å². The Morgan fingerprint density at radius 1 is 1.00 bits per heavy atom. The third kappa shape index (κ3) is 2.53. The number of hydrogen-bond acceptors (Lipinski definition) is 2. The summed E-state index contributed by atoms with van der Waals surface area (Å²) in [5, 5.41) is 0. The van der Waals surface area contributed by atoms with Crippen LogP contribution in [0.15, 0.2) is 12.1 Å². The Hall–Kier alpha value is -0.860. The maximum atomic E-state index is 5.92. The first-order valence-corrected chi connectivity index (χ1v) is 8.13. The molecule has 0 bridgehead atoms. The number of rotatable bonds is 1. The van der Waals surface area contributed by atoms with Crippen molar-refractivity contribution in [1.82, 2.24) is 0 Å². The number of hydrogen-bond donors (Lipinski definition) is 0. The van der Waals surface area contributed by atoms with Crippen molar-refractivity contribution >= 4 is 0 Å². The van der Waals surface area contributed by atoms with Gasteiger partial charge in [-0.05, 0) is 60.3 Å². The van der Waals surface area contributed by atoms with E-state index in [-0.39, 0.29) is 23.2 Å². The van der Waals surface area contributed by atoms with Gasteiger partial charge in [0.2, 0.25) is 0 Å². The van der Waals surface area contributed by atoms with E-state index in [1.807, 2.05) is 0 Å². The lowest BCUT2D eigenvalue weighted by Crippen LogP contribution is -2.34. The third-order valence-corrected chi connectivity index (χ3v) is 5.33. The monoisotopic (exact) mass is 288 g/mol. The molecular formula is C19H28O2. The fourth-order valence-electron chi connectivity index (χ4n) is 3.67. The van der Waals surface area contributed by atoms with E-state index in [2.05, 4.69) is 53.7 Å². The van der Waals surface area contributed by atoms with Gasteiger partial charge in [0.05, 0.1) is 12.7 Å². The Morgan fingerprint density at radius 3 is 2.10 bits per heavy atom. The predicted octanol–water partition coefficient (Wildman–Crippen LogP) is 4.78. The molecule has 21 heavy (non-hydrogen) atoms. The average molecular weight is 288 g/mol. The first kappa shape index (κ1) is 15.1. The van der Waals surface area contributed by atoms with Crippen molar-refractivity contribution in [2.24, 2.45) is 0 Å². The van der Waals surface area contributed by atoms with Crippen LogP contribution >= 0.6 is 0 Å². The summed E-state index contributed by atoms with van der Waals surface area (Å²) in [6.07, 6.45) is 2.48. The molecule has 2 nitrogen and oxygen atoms in total. The van der Waals surface area contributed by atoms with Crippen LogP contribution < -0.4 is 0 Å². The molecule has 0 radical (unpaired) electrons. The molecule has 1 aliphatic carbocycles. The lowest BCUT2D eigenvalue weighted by Gasteiger charge is -2.42. The summed E-state index contributed by atoms with van der Waals surface area (Å²) in [4.78, 5) is 0. The SMILES string of the molecule is Cc1cc2c(cc1[C@@H]1OC[C@H](C)O1)C(C)(C)CCC2(C)C. The molecule has 0 N–H and O–H groups in total. The second kappa shape index (κ2) is 4.82. The van der Waals surface area contributed by atoms with Gasteiger partial charge in [0, 0.05) is 5.56 Å². The molecule has 1 aliphatic heterocycles. The van der Waals surface area contributed by atoms with Gasteiger partial charge in [0.25, 0.3) is 0 Å². The lowest BCUT2D eigenvalue weighted by atomic mass is 9.62. The maximum absolute atomic E-state index is 5.92. The van der Waals surface area contributed by atoms with E-state index in [1.165, 1.54) is 35.1 Å². The van der Waals surface area contributed by atoms with Gasteiger partial charge in [-0.2, -0.15) is 0 Å². The predicted molar refractivity (Wildman–Crippen MR) is 85.7 cm³/mol. The van der Waals surface area contributed by atoms with Crippen molar-refractivity contribution in [3.8, 4) is 0 Å². The second-order valence-electron chi connectivity index (χ2n) is 8.13. The Kier molecular flexibility index (Phi) is 3.46. The fraction of sp³-hybridized carbons (Fsp3) is 0.684. The molecule has 1 fully saturated rings. The number of ether oxygens (including phenoxy) is 2. The highest BCUT2D eigenvalue weighted by atomic mass is 16.7. The van der Waals surface area contributed by atoms with Gasteiger partial charge in [0.1, 0.15) is 0 Å². The van der Waals surface area contributed by atoms with Crippen LogP contribution in [0.2, 0.25) is 0 Å². The Labute approximate surface area is 128 Å². The first-order valence-electron chi connectivity index (χ1n) is 8.13. The van der Waals surface area contributed by atoms with E-state index in [0.717, 1.165) is 0 Å². The van der Waals surface area contributed by atoms with Crippen LogP contribution in [0, 0.1) is 6.92 Å². The fourth-order valence-corrected chi connectivity index (χ4v) is 3.67. The smallest absolute Gasteiger partial charge is 0.184 e. The maximum Gasteiger partial charge on any atom is 0.184 e. The zero-order chi connectivity index (χ0) is 15.4. The van der Waals surface area contributed by atoms with Gasteiger partial charge in [-0.1, -0.05) is 33.8 Å². The van der Waals surface area contributed by atoms with E-state index in [1.54, 1.807) is 0 Å². The minimum absolute atomic E-state index is 0.189.